The minimum atomic E-state index is 0.0388. The topological polar surface area (TPSA) is 24.1 Å². The van der Waals surface area contributed by atoms with Crippen molar-refractivity contribution in [2.45, 2.75) is 0 Å². The summed E-state index contributed by atoms with van der Waals surface area (Å²) in [5.41, 5.74) is 6.10. The predicted octanol–water partition coefficient (Wildman–Crippen LogP) is 4.74. The molecule has 0 aliphatic carbocycles. The lowest BCUT2D eigenvalue weighted by molar-refractivity contribution is 1.59. The Morgan fingerprint density at radius 1 is 0.560 bits per heavy atom. The van der Waals surface area contributed by atoms with Crippen LogP contribution in [0.5, 0.6) is 0 Å². The molecule has 0 spiro atoms. The molecule has 0 radical (unpaired) electrons. The Hall–Kier alpha value is -3.20. The molecular weight excluding hydrogens is 303 g/mol. The summed E-state index contributed by atoms with van der Waals surface area (Å²) in [5.74, 6) is 0. The zero-order valence-electron chi connectivity index (χ0n) is 13.7. The molecule has 1 aliphatic rings. The third-order valence-corrected chi connectivity index (χ3v) is 4.86. The van der Waals surface area contributed by atoms with Crippen molar-refractivity contribution < 1.29 is 0 Å². The Morgan fingerprint density at radius 3 is 1.92 bits per heavy atom. The lowest BCUT2D eigenvalue weighted by Gasteiger charge is -2.28. The van der Waals surface area contributed by atoms with Crippen LogP contribution in [0.15, 0.2) is 91.0 Å². The molecule has 118 valence electrons. The SMILES string of the molecule is c1ccc(-c2ccccc2B2Nc3cccc4cccc(c34)N2)cc1. The lowest BCUT2D eigenvalue weighted by atomic mass is 9.63. The minimum Gasteiger partial charge on any atom is -0.405 e. The molecule has 0 bridgehead atoms. The largest absolute Gasteiger partial charge is 0.406 e. The van der Waals surface area contributed by atoms with E-state index in [1.807, 2.05) is 0 Å². The maximum atomic E-state index is 3.68. The maximum absolute atomic E-state index is 3.68. The zero-order chi connectivity index (χ0) is 16.6. The van der Waals surface area contributed by atoms with Crippen LogP contribution in [0.1, 0.15) is 0 Å². The fourth-order valence-electron chi connectivity index (χ4n) is 3.71. The van der Waals surface area contributed by atoms with E-state index in [4.69, 9.17) is 0 Å². The molecule has 1 heterocycles. The van der Waals surface area contributed by atoms with E-state index in [-0.39, 0.29) is 6.98 Å². The molecule has 4 aromatic rings. The molecule has 5 rings (SSSR count). The van der Waals surface area contributed by atoms with E-state index in [1.54, 1.807) is 0 Å². The summed E-state index contributed by atoms with van der Waals surface area (Å²) in [7, 11) is 0. The van der Waals surface area contributed by atoms with Gasteiger partial charge >= 0.3 is 6.98 Å². The predicted molar refractivity (Wildman–Crippen MR) is 108 cm³/mol. The van der Waals surface area contributed by atoms with Crippen LogP contribution in [0.25, 0.3) is 21.9 Å². The Bertz CT molecular complexity index is 1020. The lowest BCUT2D eigenvalue weighted by Crippen LogP contribution is -2.48. The molecule has 3 heteroatoms. The van der Waals surface area contributed by atoms with E-state index in [0.717, 1.165) is 0 Å². The molecule has 0 saturated heterocycles. The summed E-state index contributed by atoms with van der Waals surface area (Å²) in [5, 5.41) is 9.87. The first-order chi connectivity index (χ1) is 12.4. The van der Waals surface area contributed by atoms with Crippen molar-refractivity contribution in [3.05, 3.63) is 91.0 Å². The van der Waals surface area contributed by atoms with Gasteiger partial charge < -0.3 is 10.5 Å². The summed E-state index contributed by atoms with van der Waals surface area (Å²) >= 11 is 0. The third kappa shape index (κ3) is 2.36. The quantitative estimate of drug-likeness (QED) is 0.521. The van der Waals surface area contributed by atoms with Crippen LogP contribution < -0.4 is 15.9 Å². The average Bonchev–Trinajstić information content (AvgIpc) is 2.69. The van der Waals surface area contributed by atoms with Crippen LogP contribution in [-0.2, 0) is 0 Å². The van der Waals surface area contributed by atoms with Crippen molar-refractivity contribution in [2.24, 2.45) is 0 Å². The number of hydrogen-bond donors (Lipinski definition) is 2. The van der Waals surface area contributed by atoms with E-state index < -0.39 is 0 Å². The summed E-state index contributed by atoms with van der Waals surface area (Å²) in [6.45, 7) is 0.0388. The van der Waals surface area contributed by atoms with Crippen LogP contribution in [-0.4, -0.2) is 6.98 Å². The fraction of sp³-hybridized carbons (Fsp3) is 0. The molecule has 0 unspecified atom stereocenters. The molecule has 0 atom stereocenters. The fourth-order valence-corrected chi connectivity index (χ4v) is 3.71. The van der Waals surface area contributed by atoms with E-state index in [0.29, 0.717) is 0 Å². The molecule has 25 heavy (non-hydrogen) atoms. The highest BCUT2D eigenvalue weighted by Crippen LogP contribution is 2.34. The van der Waals surface area contributed by atoms with Gasteiger partial charge in [0.25, 0.3) is 0 Å². The van der Waals surface area contributed by atoms with Crippen LogP contribution in [0.4, 0.5) is 11.4 Å². The second kappa shape index (κ2) is 5.71. The van der Waals surface area contributed by atoms with E-state index >= 15 is 0 Å². The first-order valence-electron chi connectivity index (χ1n) is 8.59. The van der Waals surface area contributed by atoms with Crippen molar-refractivity contribution in [3.8, 4) is 11.1 Å². The highest BCUT2D eigenvalue weighted by atomic mass is 15.0. The molecule has 2 N–H and O–H groups in total. The second-order valence-corrected chi connectivity index (χ2v) is 6.38. The Morgan fingerprint density at radius 2 is 1.20 bits per heavy atom. The smallest absolute Gasteiger partial charge is 0.405 e. The molecule has 1 aliphatic heterocycles. The number of nitrogens with one attached hydrogen (secondary N) is 2. The van der Waals surface area contributed by atoms with Crippen LogP contribution >= 0.6 is 0 Å². The van der Waals surface area contributed by atoms with Gasteiger partial charge in [-0.25, -0.2) is 0 Å². The summed E-state index contributed by atoms with van der Waals surface area (Å²) in [6.07, 6.45) is 0. The van der Waals surface area contributed by atoms with Gasteiger partial charge in [-0.2, -0.15) is 0 Å². The Balaban J connectivity index is 1.63. The minimum absolute atomic E-state index is 0.0388. The normalized spacial score (nSPS) is 12.6. The van der Waals surface area contributed by atoms with Crippen molar-refractivity contribution in [1.29, 1.82) is 0 Å². The Labute approximate surface area is 147 Å². The van der Waals surface area contributed by atoms with Crippen molar-refractivity contribution in [3.63, 3.8) is 0 Å². The maximum Gasteiger partial charge on any atom is 0.406 e. The van der Waals surface area contributed by atoms with Gasteiger partial charge in [-0.1, -0.05) is 78.9 Å². The van der Waals surface area contributed by atoms with Crippen LogP contribution in [0.3, 0.4) is 0 Å². The summed E-state index contributed by atoms with van der Waals surface area (Å²) in [6, 6.07) is 32.0. The first kappa shape index (κ1) is 14.2. The average molecular weight is 320 g/mol. The van der Waals surface area contributed by atoms with Gasteiger partial charge in [0, 0.05) is 16.8 Å². The van der Waals surface area contributed by atoms with E-state index in [9.17, 15) is 0 Å². The van der Waals surface area contributed by atoms with Gasteiger partial charge in [-0.05, 0) is 34.1 Å². The van der Waals surface area contributed by atoms with Gasteiger partial charge in [-0.3, -0.25) is 0 Å². The summed E-state index contributed by atoms with van der Waals surface area (Å²) < 4.78 is 0. The van der Waals surface area contributed by atoms with Crippen molar-refractivity contribution in [2.75, 3.05) is 10.5 Å². The van der Waals surface area contributed by atoms with Gasteiger partial charge in [0.1, 0.15) is 0 Å². The highest BCUT2D eigenvalue weighted by Gasteiger charge is 2.27. The highest BCUT2D eigenvalue weighted by molar-refractivity contribution is 6.81. The standard InChI is InChI=1S/C22H17BN2/c1-2-8-16(9-3-1)18-12-4-5-13-19(18)23-24-20-14-6-10-17-11-7-15-21(25-23)22(17)20/h1-15,24-25H. The van der Waals surface area contributed by atoms with Crippen molar-refractivity contribution in [1.82, 2.24) is 0 Å². The third-order valence-electron chi connectivity index (χ3n) is 4.86. The Kier molecular flexibility index (Phi) is 3.24. The molecule has 2 nitrogen and oxygen atoms in total. The number of rotatable bonds is 2. The molecule has 0 amide bonds. The van der Waals surface area contributed by atoms with Crippen LogP contribution in [0, 0.1) is 0 Å². The first-order valence-corrected chi connectivity index (χ1v) is 8.59. The van der Waals surface area contributed by atoms with Gasteiger partial charge in [0.2, 0.25) is 0 Å². The molecular formula is C22H17BN2. The van der Waals surface area contributed by atoms with E-state index in [2.05, 4.69) is 101 Å². The summed E-state index contributed by atoms with van der Waals surface area (Å²) in [4.78, 5) is 0. The zero-order valence-corrected chi connectivity index (χ0v) is 13.7. The van der Waals surface area contributed by atoms with Gasteiger partial charge in [0.05, 0.1) is 0 Å². The second-order valence-electron chi connectivity index (χ2n) is 6.38. The monoisotopic (exact) mass is 320 g/mol. The van der Waals surface area contributed by atoms with Gasteiger partial charge in [0.15, 0.2) is 0 Å². The molecule has 4 aromatic carbocycles. The van der Waals surface area contributed by atoms with Gasteiger partial charge in [-0.15, -0.1) is 0 Å². The van der Waals surface area contributed by atoms with E-state index in [1.165, 1.54) is 38.7 Å². The number of benzene rings is 4. The van der Waals surface area contributed by atoms with Crippen molar-refractivity contribution >= 4 is 34.6 Å². The van der Waals surface area contributed by atoms with Crippen LogP contribution in [0.2, 0.25) is 0 Å². The number of anilines is 2. The molecule has 0 saturated carbocycles. The molecule has 0 aromatic heterocycles. The number of hydrogen-bond acceptors (Lipinski definition) is 2. The molecule has 0 fully saturated rings.